The Morgan fingerprint density at radius 2 is 2.05 bits per heavy atom. The number of carbonyl (C=O) groups is 1. The molecule has 0 aromatic heterocycles. The van der Waals surface area contributed by atoms with Crippen molar-refractivity contribution >= 4 is 11.6 Å². The normalized spacial score (nSPS) is 12.5. The summed E-state index contributed by atoms with van der Waals surface area (Å²) in [7, 11) is 4.03. The van der Waals surface area contributed by atoms with Gasteiger partial charge in [-0.05, 0) is 38.2 Å². The second kappa shape index (κ2) is 7.92. The Morgan fingerprint density at radius 1 is 1.37 bits per heavy atom. The monoisotopic (exact) mass is 263 g/mol. The van der Waals surface area contributed by atoms with Gasteiger partial charge in [-0.25, -0.2) is 0 Å². The van der Waals surface area contributed by atoms with Crippen molar-refractivity contribution < 1.29 is 4.79 Å². The molecule has 0 fully saturated rings. The van der Waals surface area contributed by atoms with Crippen LogP contribution in [0.5, 0.6) is 0 Å². The fourth-order valence-electron chi connectivity index (χ4n) is 1.98. The number of benzene rings is 1. The Hall–Kier alpha value is -1.39. The van der Waals surface area contributed by atoms with E-state index in [0.29, 0.717) is 13.0 Å². The van der Waals surface area contributed by atoms with Gasteiger partial charge < -0.3 is 16.0 Å². The highest BCUT2D eigenvalue weighted by atomic mass is 16.1. The first-order valence-electron chi connectivity index (χ1n) is 6.79. The third kappa shape index (κ3) is 5.41. The number of hydrogen-bond acceptors (Lipinski definition) is 3. The van der Waals surface area contributed by atoms with Crippen molar-refractivity contribution in [2.45, 2.75) is 26.3 Å². The predicted molar refractivity (Wildman–Crippen MR) is 79.9 cm³/mol. The van der Waals surface area contributed by atoms with E-state index in [2.05, 4.69) is 17.1 Å². The number of nitrogens with one attached hydrogen (secondary N) is 1. The van der Waals surface area contributed by atoms with Gasteiger partial charge in [0.25, 0.3) is 0 Å². The van der Waals surface area contributed by atoms with E-state index >= 15 is 0 Å². The summed E-state index contributed by atoms with van der Waals surface area (Å²) in [5.74, 6) is 0.310. The van der Waals surface area contributed by atoms with Crippen LogP contribution in [-0.4, -0.2) is 31.4 Å². The highest BCUT2D eigenvalue weighted by molar-refractivity contribution is 5.91. The Balaban J connectivity index is 2.68. The smallest absolute Gasteiger partial charge is 0.224 e. The lowest BCUT2D eigenvalue weighted by atomic mass is 10.0. The lowest BCUT2D eigenvalue weighted by Crippen LogP contribution is -2.22. The summed E-state index contributed by atoms with van der Waals surface area (Å²) in [6.07, 6.45) is 1.42. The van der Waals surface area contributed by atoms with Crippen molar-refractivity contribution in [3.05, 3.63) is 29.8 Å². The summed E-state index contributed by atoms with van der Waals surface area (Å²) in [5.41, 5.74) is 7.66. The lowest BCUT2D eigenvalue weighted by molar-refractivity contribution is -0.117. The minimum Gasteiger partial charge on any atom is -0.330 e. The predicted octanol–water partition coefficient (Wildman–Crippen LogP) is 2.06. The molecule has 0 heterocycles. The quantitative estimate of drug-likeness (QED) is 0.791. The molecule has 0 radical (unpaired) electrons. The van der Waals surface area contributed by atoms with Crippen LogP contribution < -0.4 is 11.1 Å². The van der Waals surface area contributed by atoms with E-state index in [1.807, 2.05) is 38.4 Å². The summed E-state index contributed by atoms with van der Waals surface area (Å²) in [4.78, 5) is 14.1. The van der Waals surface area contributed by atoms with Gasteiger partial charge in [-0.15, -0.1) is 0 Å². The molecule has 1 amide bonds. The molecule has 0 bridgehead atoms. The summed E-state index contributed by atoms with van der Waals surface area (Å²) < 4.78 is 0. The summed E-state index contributed by atoms with van der Waals surface area (Å²) in [5, 5.41) is 2.99. The molecule has 0 spiro atoms. The minimum atomic E-state index is 0.0449. The van der Waals surface area contributed by atoms with Gasteiger partial charge in [0.1, 0.15) is 0 Å². The minimum absolute atomic E-state index is 0.0449. The summed E-state index contributed by atoms with van der Waals surface area (Å²) in [6.45, 7) is 3.43. The first kappa shape index (κ1) is 15.7. The lowest BCUT2D eigenvalue weighted by Gasteiger charge is -2.16. The van der Waals surface area contributed by atoms with Crippen LogP contribution in [0.15, 0.2) is 24.3 Å². The highest BCUT2D eigenvalue weighted by Crippen LogP contribution is 2.17. The zero-order chi connectivity index (χ0) is 14.3. The zero-order valence-corrected chi connectivity index (χ0v) is 12.1. The Bertz CT molecular complexity index is 400. The fraction of sp³-hybridized carbons (Fsp3) is 0.533. The Labute approximate surface area is 116 Å². The third-order valence-electron chi connectivity index (χ3n) is 3.16. The molecule has 0 aliphatic heterocycles. The number of anilines is 1. The Kier molecular flexibility index (Phi) is 6.53. The van der Waals surface area contributed by atoms with Gasteiger partial charge in [0, 0.05) is 18.7 Å². The molecule has 1 aromatic carbocycles. The molecule has 19 heavy (non-hydrogen) atoms. The second-order valence-corrected chi connectivity index (χ2v) is 5.16. The van der Waals surface area contributed by atoms with Gasteiger partial charge in [-0.2, -0.15) is 0 Å². The van der Waals surface area contributed by atoms with Gasteiger partial charge >= 0.3 is 0 Å². The van der Waals surface area contributed by atoms with Crippen LogP contribution in [0.2, 0.25) is 0 Å². The molecular formula is C15H25N3O. The van der Waals surface area contributed by atoms with E-state index in [1.165, 1.54) is 0 Å². The molecule has 106 valence electrons. The fourth-order valence-corrected chi connectivity index (χ4v) is 1.98. The molecule has 1 unspecified atom stereocenters. The van der Waals surface area contributed by atoms with Gasteiger partial charge in [-0.1, -0.05) is 31.5 Å². The van der Waals surface area contributed by atoms with Crippen molar-refractivity contribution in [3.63, 3.8) is 0 Å². The molecule has 0 saturated heterocycles. The topological polar surface area (TPSA) is 58.4 Å². The maximum atomic E-state index is 12.0. The highest BCUT2D eigenvalue weighted by Gasteiger charge is 2.12. The standard InChI is InChI=1S/C15H25N3O/c1-4-12(10-16)9-15(19)17-14-8-6-5-7-13(14)11-18(2)3/h5-8,12H,4,9-11,16H2,1-3H3,(H,17,19). The first-order chi connectivity index (χ1) is 9.06. The van der Waals surface area contributed by atoms with E-state index in [4.69, 9.17) is 5.73 Å². The number of para-hydroxylation sites is 1. The molecule has 3 N–H and O–H groups in total. The zero-order valence-electron chi connectivity index (χ0n) is 12.1. The maximum absolute atomic E-state index is 12.0. The summed E-state index contributed by atoms with van der Waals surface area (Å²) in [6, 6.07) is 7.91. The molecule has 4 heteroatoms. The largest absolute Gasteiger partial charge is 0.330 e. The average molecular weight is 263 g/mol. The van der Waals surface area contributed by atoms with Crippen molar-refractivity contribution in [3.8, 4) is 0 Å². The number of rotatable bonds is 7. The van der Waals surface area contributed by atoms with Crippen LogP contribution in [0, 0.1) is 5.92 Å². The van der Waals surface area contributed by atoms with Crippen LogP contribution in [0.3, 0.4) is 0 Å². The van der Waals surface area contributed by atoms with E-state index in [-0.39, 0.29) is 11.8 Å². The first-order valence-corrected chi connectivity index (χ1v) is 6.79. The van der Waals surface area contributed by atoms with Gasteiger partial charge in [0.2, 0.25) is 5.91 Å². The van der Waals surface area contributed by atoms with Crippen LogP contribution in [0.25, 0.3) is 0 Å². The summed E-state index contributed by atoms with van der Waals surface area (Å²) >= 11 is 0. The molecule has 1 aromatic rings. The molecular weight excluding hydrogens is 238 g/mol. The molecule has 0 saturated carbocycles. The molecule has 0 aliphatic carbocycles. The SMILES string of the molecule is CCC(CN)CC(=O)Nc1ccccc1CN(C)C. The van der Waals surface area contributed by atoms with Crippen LogP contribution in [0.4, 0.5) is 5.69 Å². The average Bonchev–Trinajstić information content (AvgIpc) is 2.37. The van der Waals surface area contributed by atoms with Gasteiger partial charge in [0.15, 0.2) is 0 Å². The third-order valence-corrected chi connectivity index (χ3v) is 3.16. The van der Waals surface area contributed by atoms with Crippen molar-refractivity contribution in [1.82, 2.24) is 4.90 Å². The number of carbonyl (C=O) groups excluding carboxylic acids is 1. The Morgan fingerprint density at radius 3 is 2.63 bits per heavy atom. The van der Waals surface area contributed by atoms with Crippen LogP contribution in [-0.2, 0) is 11.3 Å². The molecule has 1 rings (SSSR count). The number of hydrogen-bond donors (Lipinski definition) is 2. The molecule has 0 aliphatic rings. The van der Waals surface area contributed by atoms with Crippen LogP contribution in [0.1, 0.15) is 25.3 Å². The molecule has 1 atom stereocenters. The van der Waals surface area contributed by atoms with Gasteiger partial charge in [-0.3, -0.25) is 4.79 Å². The van der Waals surface area contributed by atoms with Gasteiger partial charge in [0.05, 0.1) is 0 Å². The van der Waals surface area contributed by atoms with E-state index < -0.39 is 0 Å². The van der Waals surface area contributed by atoms with Crippen molar-refractivity contribution in [2.75, 3.05) is 26.0 Å². The van der Waals surface area contributed by atoms with Crippen molar-refractivity contribution in [2.24, 2.45) is 11.7 Å². The van der Waals surface area contributed by atoms with Crippen molar-refractivity contribution in [1.29, 1.82) is 0 Å². The second-order valence-electron chi connectivity index (χ2n) is 5.16. The molecule has 4 nitrogen and oxygen atoms in total. The number of nitrogens with zero attached hydrogens (tertiary/aromatic N) is 1. The number of amides is 1. The van der Waals surface area contributed by atoms with E-state index in [9.17, 15) is 4.79 Å². The maximum Gasteiger partial charge on any atom is 0.224 e. The van der Waals surface area contributed by atoms with Crippen LogP contribution >= 0.6 is 0 Å². The van der Waals surface area contributed by atoms with E-state index in [1.54, 1.807) is 0 Å². The number of nitrogens with two attached hydrogens (primary N) is 1. The van der Waals surface area contributed by atoms with E-state index in [0.717, 1.165) is 24.2 Å².